The van der Waals surface area contributed by atoms with E-state index in [4.69, 9.17) is 0 Å². The van der Waals surface area contributed by atoms with Crippen molar-refractivity contribution in [3.8, 4) is 0 Å². The molecule has 0 unspecified atom stereocenters. The molecule has 0 radical (unpaired) electrons. The highest BCUT2D eigenvalue weighted by Gasteiger charge is 2.02. The summed E-state index contributed by atoms with van der Waals surface area (Å²) in [6.45, 7) is 4.11. The van der Waals surface area contributed by atoms with E-state index in [1.807, 2.05) is 13.0 Å². The average Bonchev–Trinajstić information content (AvgIpc) is 2.65. The Hall–Kier alpha value is -1.58. The minimum absolute atomic E-state index is 0.0444. The molecule has 0 aromatic carbocycles. The van der Waals surface area contributed by atoms with Crippen LogP contribution in [0.15, 0.2) is 23.9 Å². The van der Waals surface area contributed by atoms with Gasteiger partial charge in [-0.15, -0.1) is 0 Å². The van der Waals surface area contributed by atoms with Crippen LogP contribution >= 0.6 is 0 Å². The van der Waals surface area contributed by atoms with Crippen LogP contribution in [-0.4, -0.2) is 16.1 Å². The summed E-state index contributed by atoms with van der Waals surface area (Å²) in [5.74, 6) is -0.0444. The van der Waals surface area contributed by atoms with Gasteiger partial charge < -0.3 is 5.32 Å². The van der Waals surface area contributed by atoms with Gasteiger partial charge in [0.2, 0.25) is 5.91 Å². The maximum absolute atomic E-state index is 11.3. The number of carbonyl (C=O) groups is 1. The van der Waals surface area contributed by atoms with Gasteiger partial charge in [0.1, 0.15) is 0 Å². The van der Waals surface area contributed by atoms with Crippen LogP contribution in [0.4, 0.5) is 0 Å². The number of hydrogen-bond donors (Lipinski definition) is 2. The van der Waals surface area contributed by atoms with Crippen molar-refractivity contribution in [1.29, 1.82) is 0 Å². The molecule has 0 aliphatic carbocycles. The van der Waals surface area contributed by atoms with Gasteiger partial charge in [0, 0.05) is 11.8 Å². The Morgan fingerprint density at radius 1 is 1.77 bits per heavy atom. The quantitative estimate of drug-likeness (QED) is 0.680. The van der Waals surface area contributed by atoms with Crippen LogP contribution in [0.1, 0.15) is 19.5 Å². The normalized spacial score (nSPS) is 11.4. The molecule has 1 heterocycles. The van der Waals surface area contributed by atoms with E-state index in [0.29, 0.717) is 6.54 Å². The molecule has 0 bridgehead atoms. The number of carbonyl (C=O) groups excluding carboxylic acids is 1. The molecule has 0 saturated carbocycles. The fourth-order valence-electron chi connectivity index (χ4n) is 0.829. The zero-order valence-electron chi connectivity index (χ0n) is 7.79. The van der Waals surface area contributed by atoms with Crippen LogP contribution < -0.4 is 5.32 Å². The van der Waals surface area contributed by atoms with Crippen molar-refractivity contribution in [1.82, 2.24) is 15.5 Å². The van der Waals surface area contributed by atoms with Crippen LogP contribution in [-0.2, 0) is 11.3 Å². The van der Waals surface area contributed by atoms with Gasteiger partial charge in [-0.25, -0.2) is 0 Å². The van der Waals surface area contributed by atoms with Gasteiger partial charge >= 0.3 is 0 Å². The number of amides is 1. The van der Waals surface area contributed by atoms with Crippen molar-refractivity contribution in [2.75, 3.05) is 0 Å². The van der Waals surface area contributed by atoms with E-state index in [0.717, 1.165) is 11.3 Å². The average molecular weight is 179 g/mol. The number of nitrogens with one attached hydrogen (secondary N) is 2. The molecule has 1 amide bonds. The van der Waals surface area contributed by atoms with E-state index in [2.05, 4.69) is 15.5 Å². The first-order valence-electron chi connectivity index (χ1n) is 4.13. The molecular weight excluding hydrogens is 166 g/mol. The standard InChI is InChI=1S/C9H13N3O/c1-3-7(2)9(13)10-6-8-4-5-11-12-8/h3-5H,6H2,1-2H3,(H,10,13)(H,11,12)/b7-3-. The maximum Gasteiger partial charge on any atom is 0.246 e. The number of aromatic amines is 1. The molecule has 0 saturated heterocycles. The number of hydrogen-bond acceptors (Lipinski definition) is 2. The third kappa shape index (κ3) is 2.74. The first-order valence-corrected chi connectivity index (χ1v) is 4.13. The summed E-state index contributed by atoms with van der Waals surface area (Å²) in [5.41, 5.74) is 1.62. The number of H-pyrrole nitrogens is 1. The number of aromatic nitrogens is 2. The minimum atomic E-state index is -0.0444. The van der Waals surface area contributed by atoms with Gasteiger partial charge in [0.15, 0.2) is 0 Å². The number of rotatable bonds is 3. The third-order valence-corrected chi connectivity index (χ3v) is 1.79. The second kappa shape index (κ2) is 4.45. The molecule has 4 nitrogen and oxygen atoms in total. The lowest BCUT2D eigenvalue weighted by Crippen LogP contribution is -2.23. The molecule has 0 atom stereocenters. The predicted octanol–water partition coefficient (Wildman–Crippen LogP) is 0.992. The van der Waals surface area contributed by atoms with E-state index in [-0.39, 0.29) is 5.91 Å². The molecule has 2 N–H and O–H groups in total. The van der Waals surface area contributed by atoms with Gasteiger partial charge in [-0.1, -0.05) is 6.08 Å². The molecule has 13 heavy (non-hydrogen) atoms. The Morgan fingerprint density at radius 3 is 3.08 bits per heavy atom. The summed E-state index contributed by atoms with van der Waals surface area (Å²) < 4.78 is 0. The molecule has 1 rings (SSSR count). The summed E-state index contributed by atoms with van der Waals surface area (Å²) in [7, 11) is 0. The van der Waals surface area contributed by atoms with Gasteiger partial charge in [0.05, 0.1) is 12.2 Å². The third-order valence-electron chi connectivity index (χ3n) is 1.79. The number of nitrogens with zero attached hydrogens (tertiary/aromatic N) is 1. The van der Waals surface area contributed by atoms with E-state index in [9.17, 15) is 4.79 Å². The number of allylic oxidation sites excluding steroid dienone is 1. The van der Waals surface area contributed by atoms with Crippen molar-refractivity contribution < 1.29 is 4.79 Å². The summed E-state index contributed by atoms with van der Waals surface area (Å²) in [5, 5.41) is 9.30. The summed E-state index contributed by atoms with van der Waals surface area (Å²) in [4.78, 5) is 11.3. The summed E-state index contributed by atoms with van der Waals surface area (Å²) >= 11 is 0. The molecule has 4 heteroatoms. The monoisotopic (exact) mass is 179 g/mol. The molecule has 0 fully saturated rings. The summed E-state index contributed by atoms with van der Waals surface area (Å²) in [6.07, 6.45) is 3.44. The Labute approximate surface area is 77.0 Å². The zero-order valence-corrected chi connectivity index (χ0v) is 7.79. The van der Waals surface area contributed by atoms with Crippen LogP contribution in [0.2, 0.25) is 0 Å². The lowest BCUT2D eigenvalue weighted by atomic mass is 10.3. The first-order chi connectivity index (χ1) is 6.24. The van der Waals surface area contributed by atoms with Gasteiger partial charge in [-0.3, -0.25) is 9.89 Å². The Balaban J connectivity index is 2.40. The van der Waals surface area contributed by atoms with Crippen molar-refractivity contribution in [3.63, 3.8) is 0 Å². The fraction of sp³-hybridized carbons (Fsp3) is 0.333. The first kappa shape index (κ1) is 9.51. The maximum atomic E-state index is 11.3. The zero-order chi connectivity index (χ0) is 9.68. The van der Waals surface area contributed by atoms with E-state index < -0.39 is 0 Å². The molecule has 0 aliphatic rings. The Bertz CT molecular complexity index is 301. The van der Waals surface area contributed by atoms with Crippen LogP contribution in [0.3, 0.4) is 0 Å². The van der Waals surface area contributed by atoms with Crippen molar-refractivity contribution in [3.05, 3.63) is 29.6 Å². The Kier molecular flexibility index (Phi) is 3.25. The lowest BCUT2D eigenvalue weighted by Gasteiger charge is -2.02. The fourth-order valence-corrected chi connectivity index (χ4v) is 0.829. The van der Waals surface area contributed by atoms with E-state index in [1.54, 1.807) is 19.2 Å². The van der Waals surface area contributed by atoms with Crippen LogP contribution in [0, 0.1) is 0 Å². The second-order valence-corrected chi connectivity index (χ2v) is 2.74. The highest BCUT2D eigenvalue weighted by atomic mass is 16.1. The Morgan fingerprint density at radius 2 is 2.54 bits per heavy atom. The SMILES string of the molecule is C/C=C(/C)C(=O)NCc1ccn[nH]1. The van der Waals surface area contributed by atoms with Gasteiger partial charge in [-0.2, -0.15) is 5.10 Å². The largest absolute Gasteiger partial charge is 0.347 e. The highest BCUT2D eigenvalue weighted by Crippen LogP contribution is 1.94. The molecule has 1 aromatic rings. The van der Waals surface area contributed by atoms with Gasteiger partial charge in [0.25, 0.3) is 0 Å². The molecule has 1 aromatic heterocycles. The summed E-state index contributed by atoms with van der Waals surface area (Å²) in [6, 6.07) is 1.82. The van der Waals surface area contributed by atoms with Crippen molar-refractivity contribution in [2.24, 2.45) is 0 Å². The van der Waals surface area contributed by atoms with Crippen LogP contribution in [0.5, 0.6) is 0 Å². The van der Waals surface area contributed by atoms with Crippen LogP contribution in [0.25, 0.3) is 0 Å². The smallest absolute Gasteiger partial charge is 0.246 e. The minimum Gasteiger partial charge on any atom is -0.347 e. The van der Waals surface area contributed by atoms with Gasteiger partial charge in [-0.05, 0) is 19.9 Å². The van der Waals surface area contributed by atoms with Crippen molar-refractivity contribution >= 4 is 5.91 Å². The van der Waals surface area contributed by atoms with E-state index in [1.165, 1.54) is 0 Å². The van der Waals surface area contributed by atoms with E-state index >= 15 is 0 Å². The highest BCUT2D eigenvalue weighted by molar-refractivity contribution is 5.92. The molecule has 0 spiro atoms. The van der Waals surface area contributed by atoms with Crippen molar-refractivity contribution in [2.45, 2.75) is 20.4 Å². The topological polar surface area (TPSA) is 57.8 Å². The molecule has 0 aliphatic heterocycles. The predicted molar refractivity (Wildman–Crippen MR) is 49.9 cm³/mol. The lowest BCUT2D eigenvalue weighted by molar-refractivity contribution is -0.117. The second-order valence-electron chi connectivity index (χ2n) is 2.74. The molecule has 70 valence electrons. The molecular formula is C9H13N3O.